The molecule has 1 amide bonds. The van der Waals surface area contributed by atoms with Crippen molar-refractivity contribution in [3.63, 3.8) is 0 Å². The van der Waals surface area contributed by atoms with Crippen molar-refractivity contribution in [2.24, 2.45) is 5.92 Å². The van der Waals surface area contributed by atoms with Crippen molar-refractivity contribution in [3.05, 3.63) is 29.6 Å². The number of aliphatic carboxylic acids is 1. The van der Waals surface area contributed by atoms with Gasteiger partial charge in [-0.2, -0.15) is 0 Å². The van der Waals surface area contributed by atoms with E-state index in [1.54, 1.807) is 6.07 Å². The van der Waals surface area contributed by atoms with E-state index < -0.39 is 17.9 Å². The molecular formula is C19H23FN2O4. The Labute approximate surface area is 151 Å². The first-order valence-corrected chi connectivity index (χ1v) is 9.26. The van der Waals surface area contributed by atoms with E-state index in [1.807, 2.05) is 0 Å². The molecule has 0 spiro atoms. The van der Waals surface area contributed by atoms with Crippen LogP contribution in [0.2, 0.25) is 0 Å². The molecule has 0 radical (unpaired) electrons. The summed E-state index contributed by atoms with van der Waals surface area (Å²) in [6, 6.07) is 4.78. The predicted octanol–water partition coefficient (Wildman–Crippen LogP) is 3.47. The van der Waals surface area contributed by atoms with Gasteiger partial charge < -0.3 is 10.2 Å². The largest absolute Gasteiger partial charge is 0.481 e. The molecule has 3 aliphatic rings. The second-order valence-electron chi connectivity index (χ2n) is 7.58. The van der Waals surface area contributed by atoms with Crippen LogP contribution in [0.15, 0.2) is 18.2 Å². The summed E-state index contributed by atoms with van der Waals surface area (Å²) in [6.45, 7) is 0.675. The maximum absolute atomic E-state index is 13.9. The Hall–Kier alpha value is -2.15. The number of halogens is 1. The maximum Gasteiger partial charge on any atom is 0.412 e. The fourth-order valence-corrected chi connectivity index (χ4v) is 4.62. The van der Waals surface area contributed by atoms with Gasteiger partial charge in [0, 0.05) is 24.5 Å². The molecule has 7 heteroatoms. The molecule has 6 nitrogen and oxygen atoms in total. The summed E-state index contributed by atoms with van der Waals surface area (Å²) in [5.74, 6) is -1.05. The number of carboxylic acids is 1. The van der Waals surface area contributed by atoms with Gasteiger partial charge >= 0.3 is 12.1 Å². The van der Waals surface area contributed by atoms with Crippen molar-refractivity contribution in [3.8, 4) is 0 Å². The van der Waals surface area contributed by atoms with E-state index in [0.717, 1.165) is 31.2 Å². The van der Waals surface area contributed by atoms with Crippen molar-refractivity contribution in [1.29, 1.82) is 0 Å². The molecule has 1 aliphatic heterocycles. The molecule has 2 aliphatic carbocycles. The van der Waals surface area contributed by atoms with Gasteiger partial charge in [0.05, 0.1) is 5.69 Å². The van der Waals surface area contributed by atoms with Crippen molar-refractivity contribution in [2.45, 2.75) is 56.7 Å². The molecule has 2 N–H and O–H groups in total. The number of carbonyl (C=O) groups is 2. The van der Waals surface area contributed by atoms with Crippen molar-refractivity contribution in [1.82, 2.24) is 4.90 Å². The molecule has 2 saturated carbocycles. The van der Waals surface area contributed by atoms with Gasteiger partial charge in [-0.05, 0) is 62.3 Å². The summed E-state index contributed by atoms with van der Waals surface area (Å²) < 4.78 is 13.9. The number of carboxylic acid groups (broad SMARTS) is 2. The smallest absolute Gasteiger partial charge is 0.412 e. The lowest BCUT2D eigenvalue weighted by Gasteiger charge is -2.54. The fourth-order valence-electron chi connectivity index (χ4n) is 4.62. The van der Waals surface area contributed by atoms with Crippen LogP contribution in [0, 0.1) is 11.7 Å². The van der Waals surface area contributed by atoms with E-state index in [2.05, 4.69) is 4.90 Å². The highest BCUT2D eigenvalue weighted by atomic mass is 19.1. The average molecular weight is 362 g/mol. The van der Waals surface area contributed by atoms with Gasteiger partial charge in [0.15, 0.2) is 0 Å². The number of rotatable bonds is 6. The first-order valence-electron chi connectivity index (χ1n) is 9.26. The molecule has 1 aromatic rings. The minimum absolute atomic E-state index is 0.0428. The van der Waals surface area contributed by atoms with Gasteiger partial charge in [-0.15, -0.1) is 0 Å². The third-order valence-corrected chi connectivity index (χ3v) is 5.98. The van der Waals surface area contributed by atoms with Crippen LogP contribution in [0.25, 0.3) is 0 Å². The number of hydrogen-bond donors (Lipinski definition) is 2. The summed E-state index contributed by atoms with van der Waals surface area (Å²) in [4.78, 5) is 26.4. The van der Waals surface area contributed by atoms with E-state index in [4.69, 9.17) is 5.11 Å². The lowest BCUT2D eigenvalue weighted by Crippen LogP contribution is -2.58. The molecule has 26 heavy (non-hydrogen) atoms. The monoisotopic (exact) mass is 362 g/mol. The molecule has 0 unspecified atom stereocenters. The fraction of sp³-hybridized carbons (Fsp3) is 0.579. The van der Waals surface area contributed by atoms with Crippen molar-refractivity contribution >= 4 is 17.7 Å². The van der Waals surface area contributed by atoms with Gasteiger partial charge in [-0.3, -0.25) is 14.6 Å². The molecule has 4 rings (SSSR count). The number of benzene rings is 1. The van der Waals surface area contributed by atoms with E-state index in [9.17, 15) is 19.1 Å². The number of fused-ring (bicyclic) bond motifs is 2. The van der Waals surface area contributed by atoms with Gasteiger partial charge in [0.2, 0.25) is 0 Å². The molecule has 0 aromatic heterocycles. The highest BCUT2D eigenvalue weighted by Crippen LogP contribution is 2.54. The molecule has 3 atom stereocenters. The minimum atomic E-state index is -1.03. The lowest BCUT2D eigenvalue weighted by atomic mass is 9.68. The molecule has 1 heterocycles. The van der Waals surface area contributed by atoms with Gasteiger partial charge in [-0.25, -0.2) is 9.18 Å². The van der Waals surface area contributed by atoms with Crippen LogP contribution in [-0.2, 0) is 4.79 Å². The molecule has 140 valence electrons. The lowest BCUT2D eigenvalue weighted by molar-refractivity contribution is -0.137. The number of anilines is 1. The zero-order chi connectivity index (χ0) is 18.4. The molecule has 0 bridgehead atoms. The summed E-state index contributed by atoms with van der Waals surface area (Å²) >= 11 is 0. The highest BCUT2D eigenvalue weighted by Gasteiger charge is 2.52. The van der Waals surface area contributed by atoms with Crippen LogP contribution < -0.4 is 4.90 Å². The van der Waals surface area contributed by atoms with Gasteiger partial charge in [0.1, 0.15) is 5.82 Å². The summed E-state index contributed by atoms with van der Waals surface area (Å²) in [6.07, 6.45) is 3.56. The van der Waals surface area contributed by atoms with Crippen LogP contribution in [0.4, 0.5) is 14.9 Å². The zero-order valence-corrected chi connectivity index (χ0v) is 14.5. The Bertz CT molecular complexity index is 736. The quantitative estimate of drug-likeness (QED) is 0.810. The Balaban J connectivity index is 1.69. The molecular weight excluding hydrogens is 339 g/mol. The average Bonchev–Trinajstić information content (AvgIpc) is 3.37. The molecule has 0 saturated heterocycles. The second kappa shape index (κ2) is 6.54. The van der Waals surface area contributed by atoms with Crippen LogP contribution in [-0.4, -0.2) is 45.8 Å². The standard InChI is InChI=1S/C19H23FN2O4/c20-11-3-6-14-16(10-11)22(19(25)26)15-8-7-13(15)18(14)21(12-4-5-12)9-1-2-17(23)24/h3,6,10,12-13,15,18H,1-2,4-5,7-9H2,(H,23,24)(H,25,26)/t13-,15+,18-/m1/s1. The van der Waals surface area contributed by atoms with Crippen LogP contribution >= 0.6 is 0 Å². The Morgan fingerprint density at radius 3 is 2.54 bits per heavy atom. The van der Waals surface area contributed by atoms with E-state index >= 15 is 0 Å². The predicted molar refractivity (Wildman–Crippen MR) is 92.8 cm³/mol. The molecule has 2 fully saturated rings. The minimum Gasteiger partial charge on any atom is -0.481 e. The van der Waals surface area contributed by atoms with Crippen molar-refractivity contribution in [2.75, 3.05) is 11.4 Å². The Morgan fingerprint density at radius 2 is 1.96 bits per heavy atom. The highest BCUT2D eigenvalue weighted by molar-refractivity contribution is 5.89. The Morgan fingerprint density at radius 1 is 1.19 bits per heavy atom. The van der Waals surface area contributed by atoms with Crippen LogP contribution in [0.3, 0.4) is 0 Å². The summed E-state index contributed by atoms with van der Waals surface area (Å²) in [5.41, 5.74) is 1.31. The van der Waals surface area contributed by atoms with E-state index in [-0.39, 0.29) is 24.4 Å². The summed E-state index contributed by atoms with van der Waals surface area (Å²) in [7, 11) is 0. The topological polar surface area (TPSA) is 81.1 Å². The summed E-state index contributed by atoms with van der Waals surface area (Å²) in [5, 5.41) is 18.6. The van der Waals surface area contributed by atoms with Crippen LogP contribution in [0.1, 0.15) is 50.1 Å². The first kappa shape index (κ1) is 17.3. The second-order valence-corrected chi connectivity index (χ2v) is 7.58. The third kappa shape index (κ3) is 2.94. The number of nitrogens with zero attached hydrogens (tertiary/aromatic N) is 2. The SMILES string of the molecule is O=C(O)CCCN(C1CC1)[C@H]1c2ccc(F)cc2N(C(=O)O)[C@H]2CC[C@H]21. The van der Waals surface area contributed by atoms with E-state index in [0.29, 0.717) is 24.7 Å². The molecule has 1 aromatic carbocycles. The maximum atomic E-state index is 13.9. The first-order chi connectivity index (χ1) is 12.5. The zero-order valence-electron chi connectivity index (χ0n) is 14.5. The van der Waals surface area contributed by atoms with Crippen molar-refractivity contribution < 1.29 is 24.2 Å². The van der Waals surface area contributed by atoms with Gasteiger partial charge in [-0.1, -0.05) is 6.07 Å². The number of hydrogen-bond acceptors (Lipinski definition) is 3. The Kier molecular flexibility index (Phi) is 4.34. The van der Waals surface area contributed by atoms with Crippen LogP contribution in [0.5, 0.6) is 0 Å². The van der Waals surface area contributed by atoms with E-state index in [1.165, 1.54) is 17.0 Å². The normalized spacial score (nSPS) is 26.8. The third-order valence-electron chi connectivity index (χ3n) is 5.98. The number of amides is 1. The van der Waals surface area contributed by atoms with Gasteiger partial charge in [0.25, 0.3) is 0 Å².